The molecule has 0 aliphatic carbocycles. The van der Waals surface area contributed by atoms with E-state index in [1.54, 1.807) is 0 Å². The fourth-order valence-electron chi connectivity index (χ4n) is 2.14. The highest BCUT2D eigenvalue weighted by Gasteiger charge is 2.10. The highest BCUT2D eigenvalue weighted by molar-refractivity contribution is 9.10. The van der Waals surface area contributed by atoms with Gasteiger partial charge in [-0.2, -0.15) is 0 Å². The van der Waals surface area contributed by atoms with Crippen LogP contribution in [0, 0.1) is 0 Å². The van der Waals surface area contributed by atoms with Crippen LogP contribution in [0.1, 0.15) is 45.2 Å². The third-order valence-electron chi connectivity index (χ3n) is 3.88. The average Bonchev–Trinajstić information content (AvgIpc) is 2.43. The molecule has 0 amide bonds. The van der Waals surface area contributed by atoms with Gasteiger partial charge in [0.05, 0.1) is 0 Å². The summed E-state index contributed by atoms with van der Waals surface area (Å²) in [5.74, 6) is 0. The second-order valence-electron chi connectivity index (χ2n) is 5.20. The van der Waals surface area contributed by atoms with Crippen molar-refractivity contribution in [2.24, 2.45) is 0 Å². The molecule has 2 nitrogen and oxygen atoms in total. The summed E-state index contributed by atoms with van der Waals surface area (Å²) >= 11 is 3.48. The zero-order chi connectivity index (χ0) is 14.3. The van der Waals surface area contributed by atoms with Gasteiger partial charge in [0.25, 0.3) is 0 Å². The first-order chi connectivity index (χ1) is 9.08. The summed E-state index contributed by atoms with van der Waals surface area (Å²) in [6.07, 6.45) is 2.33. The standard InChI is InChI=1S/C16H27BrN2/c1-5-13(3)19(4)12-11-18-16(6-2)14-7-9-15(17)10-8-14/h7-10,13,16,18H,5-6,11-12H2,1-4H3. The smallest absolute Gasteiger partial charge is 0.0318 e. The molecule has 0 spiro atoms. The van der Waals surface area contributed by atoms with Gasteiger partial charge in [-0.15, -0.1) is 0 Å². The Morgan fingerprint density at radius 1 is 1.16 bits per heavy atom. The van der Waals surface area contributed by atoms with Crippen LogP contribution in [-0.4, -0.2) is 31.1 Å². The van der Waals surface area contributed by atoms with Crippen LogP contribution in [0.25, 0.3) is 0 Å². The third-order valence-corrected chi connectivity index (χ3v) is 4.41. The summed E-state index contributed by atoms with van der Waals surface area (Å²) in [6, 6.07) is 9.75. The summed E-state index contributed by atoms with van der Waals surface area (Å²) in [5.41, 5.74) is 1.37. The fraction of sp³-hybridized carbons (Fsp3) is 0.625. The van der Waals surface area contributed by atoms with Gasteiger partial charge in [-0.05, 0) is 44.5 Å². The number of rotatable bonds is 8. The Morgan fingerprint density at radius 3 is 2.32 bits per heavy atom. The quantitative estimate of drug-likeness (QED) is 0.769. The molecule has 0 fully saturated rings. The summed E-state index contributed by atoms with van der Waals surface area (Å²) in [6.45, 7) is 8.90. The van der Waals surface area contributed by atoms with Crippen molar-refractivity contribution >= 4 is 15.9 Å². The molecule has 0 radical (unpaired) electrons. The van der Waals surface area contributed by atoms with Crippen molar-refractivity contribution in [3.63, 3.8) is 0 Å². The van der Waals surface area contributed by atoms with Gasteiger partial charge in [0.15, 0.2) is 0 Å². The summed E-state index contributed by atoms with van der Waals surface area (Å²) in [7, 11) is 2.20. The van der Waals surface area contributed by atoms with Crippen LogP contribution in [0.15, 0.2) is 28.7 Å². The van der Waals surface area contributed by atoms with Crippen LogP contribution >= 0.6 is 15.9 Å². The van der Waals surface area contributed by atoms with E-state index < -0.39 is 0 Å². The minimum atomic E-state index is 0.457. The van der Waals surface area contributed by atoms with Crippen LogP contribution in [-0.2, 0) is 0 Å². The molecule has 0 saturated heterocycles. The van der Waals surface area contributed by atoms with E-state index in [-0.39, 0.29) is 0 Å². The largest absolute Gasteiger partial charge is 0.309 e. The zero-order valence-electron chi connectivity index (χ0n) is 12.6. The van der Waals surface area contributed by atoms with E-state index in [4.69, 9.17) is 0 Å². The van der Waals surface area contributed by atoms with Crippen molar-refractivity contribution in [3.8, 4) is 0 Å². The first-order valence-corrected chi connectivity index (χ1v) is 8.06. The molecule has 1 rings (SSSR count). The second-order valence-corrected chi connectivity index (χ2v) is 6.12. The lowest BCUT2D eigenvalue weighted by molar-refractivity contribution is 0.248. The zero-order valence-corrected chi connectivity index (χ0v) is 14.2. The van der Waals surface area contributed by atoms with E-state index in [9.17, 15) is 0 Å². The van der Waals surface area contributed by atoms with E-state index in [2.05, 4.69) is 78.2 Å². The van der Waals surface area contributed by atoms with E-state index >= 15 is 0 Å². The van der Waals surface area contributed by atoms with Crippen molar-refractivity contribution in [2.75, 3.05) is 20.1 Å². The number of halogens is 1. The highest BCUT2D eigenvalue weighted by Crippen LogP contribution is 2.19. The number of nitrogens with zero attached hydrogens (tertiary/aromatic N) is 1. The molecule has 1 N–H and O–H groups in total. The number of hydrogen-bond donors (Lipinski definition) is 1. The summed E-state index contributed by atoms with van der Waals surface area (Å²) in [5, 5.41) is 3.66. The lowest BCUT2D eigenvalue weighted by atomic mass is 10.0. The van der Waals surface area contributed by atoms with Crippen LogP contribution in [0.2, 0.25) is 0 Å². The van der Waals surface area contributed by atoms with E-state index in [0.29, 0.717) is 12.1 Å². The molecule has 1 aromatic carbocycles. The normalized spacial score (nSPS) is 14.6. The molecule has 1 aromatic rings. The maximum atomic E-state index is 3.66. The van der Waals surface area contributed by atoms with Gasteiger partial charge >= 0.3 is 0 Å². The molecular weight excluding hydrogens is 300 g/mol. The molecule has 0 saturated carbocycles. The lowest BCUT2D eigenvalue weighted by Gasteiger charge is -2.25. The van der Waals surface area contributed by atoms with Crippen LogP contribution < -0.4 is 5.32 Å². The molecule has 0 aromatic heterocycles. The Bertz CT molecular complexity index is 350. The summed E-state index contributed by atoms with van der Waals surface area (Å²) < 4.78 is 1.14. The van der Waals surface area contributed by atoms with Gasteiger partial charge in [0, 0.05) is 29.6 Å². The Hall–Kier alpha value is -0.380. The molecular formula is C16H27BrN2. The molecule has 2 unspecified atom stereocenters. The molecule has 108 valence electrons. The first kappa shape index (κ1) is 16.7. The van der Waals surface area contributed by atoms with Gasteiger partial charge in [0.1, 0.15) is 0 Å². The Kier molecular flexibility index (Phi) is 7.66. The molecule has 19 heavy (non-hydrogen) atoms. The van der Waals surface area contributed by atoms with Crippen LogP contribution in [0.4, 0.5) is 0 Å². The number of likely N-dealkylation sites (N-methyl/N-ethyl adjacent to an activating group) is 1. The van der Waals surface area contributed by atoms with Gasteiger partial charge in [-0.25, -0.2) is 0 Å². The number of nitrogens with one attached hydrogen (secondary N) is 1. The van der Waals surface area contributed by atoms with Crippen LogP contribution in [0.3, 0.4) is 0 Å². The Balaban J connectivity index is 2.43. The Morgan fingerprint density at radius 2 is 1.79 bits per heavy atom. The van der Waals surface area contributed by atoms with Gasteiger partial charge < -0.3 is 10.2 Å². The van der Waals surface area contributed by atoms with E-state index in [1.165, 1.54) is 12.0 Å². The predicted octanol–water partition coefficient (Wildman–Crippen LogP) is 4.22. The Labute approximate surface area is 126 Å². The topological polar surface area (TPSA) is 15.3 Å². The van der Waals surface area contributed by atoms with Crippen molar-refractivity contribution in [1.82, 2.24) is 10.2 Å². The predicted molar refractivity (Wildman–Crippen MR) is 87.6 cm³/mol. The molecule has 3 heteroatoms. The molecule has 0 aliphatic heterocycles. The van der Waals surface area contributed by atoms with E-state index in [0.717, 1.165) is 24.0 Å². The van der Waals surface area contributed by atoms with E-state index in [1.807, 2.05) is 0 Å². The van der Waals surface area contributed by atoms with Gasteiger partial charge in [0.2, 0.25) is 0 Å². The lowest BCUT2D eigenvalue weighted by Crippen LogP contribution is -2.36. The molecule has 2 atom stereocenters. The van der Waals surface area contributed by atoms with Gasteiger partial charge in [-0.1, -0.05) is 41.9 Å². The summed E-state index contributed by atoms with van der Waals surface area (Å²) in [4.78, 5) is 2.42. The van der Waals surface area contributed by atoms with Crippen molar-refractivity contribution in [2.45, 2.75) is 45.7 Å². The third kappa shape index (κ3) is 5.64. The minimum absolute atomic E-state index is 0.457. The molecule has 0 aliphatic rings. The number of benzene rings is 1. The first-order valence-electron chi connectivity index (χ1n) is 7.27. The fourth-order valence-corrected chi connectivity index (χ4v) is 2.40. The highest BCUT2D eigenvalue weighted by atomic mass is 79.9. The second kappa shape index (κ2) is 8.72. The maximum absolute atomic E-state index is 3.66. The molecule has 0 heterocycles. The number of hydrogen-bond acceptors (Lipinski definition) is 2. The van der Waals surface area contributed by atoms with Crippen molar-refractivity contribution < 1.29 is 0 Å². The monoisotopic (exact) mass is 326 g/mol. The van der Waals surface area contributed by atoms with Crippen molar-refractivity contribution in [1.29, 1.82) is 0 Å². The maximum Gasteiger partial charge on any atom is 0.0318 e. The SMILES string of the molecule is CCC(NCCN(C)C(C)CC)c1ccc(Br)cc1. The molecule has 0 bridgehead atoms. The van der Waals surface area contributed by atoms with Crippen molar-refractivity contribution in [3.05, 3.63) is 34.3 Å². The van der Waals surface area contributed by atoms with Crippen LogP contribution in [0.5, 0.6) is 0 Å². The average molecular weight is 327 g/mol. The van der Waals surface area contributed by atoms with Gasteiger partial charge in [-0.3, -0.25) is 0 Å². The minimum Gasteiger partial charge on any atom is -0.309 e.